The number of amides is 3. The van der Waals surface area contributed by atoms with E-state index in [0.717, 1.165) is 10.5 Å². The number of imide groups is 1. The van der Waals surface area contributed by atoms with Crippen molar-refractivity contribution in [3.05, 3.63) is 111 Å². The molecule has 0 radical (unpaired) electrons. The molecule has 7 rings (SSSR count). The maximum atomic E-state index is 14.5. The Hall–Kier alpha value is -5.59. The number of primary amides is 1. The van der Waals surface area contributed by atoms with E-state index in [9.17, 15) is 44.4 Å². The predicted octanol–water partition coefficient (Wildman–Crippen LogP) is 2.89. The summed E-state index contributed by atoms with van der Waals surface area (Å²) >= 11 is 0. The summed E-state index contributed by atoms with van der Waals surface area (Å²) in [4.78, 5) is 69.6. The van der Waals surface area contributed by atoms with E-state index in [4.69, 9.17) is 5.73 Å². The van der Waals surface area contributed by atoms with E-state index in [1.165, 1.54) is 17.0 Å². The van der Waals surface area contributed by atoms with Crippen molar-refractivity contribution in [2.75, 3.05) is 14.1 Å². The summed E-state index contributed by atoms with van der Waals surface area (Å²) in [6.07, 6.45) is 0.0231. The fraction of sp³-hybridized carbons (Fsp3) is 0.270. The number of phenols is 1. The molecule has 3 aromatic carbocycles. The number of aliphatic hydroxyl groups is 3. The zero-order valence-corrected chi connectivity index (χ0v) is 26.9. The Balaban J connectivity index is 1.42. The maximum Gasteiger partial charge on any atom is 0.261 e. The van der Waals surface area contributed by atoms with Crippen LogP contribution in [0.1, 0.15) is 54.2 Å². The van der Waals surface area contributed by atoms with Gasteiger partial charge in [0.05, 0.1) is 29.3 Å². The molecule has 0 spiro atoms. The Morgan fingerprint density at radius 3 is 2.20 bits per heavy atom. The maximum absolute atomic E-state index is 14.5. The first-order valence-corrected chi connectivity index (χ1v) is 15.7. The van der Waals surface area contributed by atoms with E-state index in [1.807, 2.05) is 31.2 Å². The van der Waals surface area contributed by atoms with Gasteiger partial charge in [-0.1, -0.05) is 42.0 Å². The van der Waals surface area contributed by atoms with E-state index < -0.39 is 75.6 Å². The number of nitrogens with zero attached hydrogens (tertiary/aromatic N) is 2. The molecule has 3 amide bonds. The molecule has 0 fully saturated rings. The van der Waals surface area contributed by atoms with Crippen LogP contribution in [0.4, 0.5) is 0 Å². The van der Waals surface area contributed by atoms with Crippen LogP contribution in [-0.4, -0.2) is 85.3 Å². The van der Waals surface area contributed by atoms with E-state index in [2.05, 4.69) is 0 Å². The van der Waals surface area contributed by atoms with E-state index in [-0.39, 0.29) is 47.2 Å². The summed E-state index contributed by atoms with van der Waals surface area (Å²) in [5.74, 6) is -8.69. The van der Waals surface area contributed by atoms with Gasteiger partial charge in [0.1, 0.15) is 22.8 Å². The summed E-state index contributed by atoms with van der Waals surface area (Å²) in [6.45, 7) is 1.52. The first-order chi connectivity index (χ1) is 23.2. The van der Waals surface area contributed by atoms with Gasteiger partial charge in [0.25, 0.3) is 17.7 Å². The minimum Gasteiger partial charge on any atom is -0.510 e. The van der Waals surface area contributed by atoms with E-state index >= 15 is 0 Å². The van der Waals surface area contributed by atoms with Crippen LogP contribution in [0.25, 0.3) is 11.1 Å². The molecule has 0 bridgehead atoms. The number of allylic oxidation sites excluding steroid dienone is 1. The average molecular weight is 664 g/mol. The zero-order chi connectivity index (χ0) is 35.3. The van der Waals surface area contributed by atoms with Gasteiger partial charge in [0.2, 0.25) is 5.78 Å². The Morgan fingerprint density at radius 1 is 0.959 bits per heavy atom. The quantitative estimate of drug-likeness (QED) is 0.200. The van der Waals surface area contributed by atoms with Crippen LogP contribution in [0, 0.1) is 18.8 Å². The molecule has 12 heteroatoms. The number of benzene rings is 3. The lowest BCUT2D eigenvalue weighted by molar-refractivity contribution is -0.148. The monoisotopic (exact) mass is 663 g/mol. The molecular formula is C37H33N3O9. The van der Waals surface area contributed by atoms with Gasteiger partial charge in [0, 0.05) is 17.1 Å². The van der Waals surface area contributed by atoms with Gasteiger partial charge in [-0.15, -0.1) is 0 Å². The van der Waals surface area contributed by atoms with E-state index in [0.29, 0.717) is 16.7 Å². The summed E-state index contributed by atoms with van der Waals surface area (Å²) in [5, 5.41) is 46.5. The normalized spacial score (nSPS) is 24.7. The lowest BCUT2D eigenvalue weighted by atomic mass is 9.58. The highest BCUT2D eigenvalue weighted by Gasteiger charge is 2.63. The number of ketones is 2. The first-order valence-electron chi connectivity index (χ1n) is 15.7. The van der Waals surface area contributed by atoms with Gasteiger partial charge in [0.15, 0.2) is 11.4 Å². The fourth-order valence-corrected chi connectivity index (χ4v) is 8.12. The van der Waals surface area contributed by atoms with Crippen LogP contribution in [0.15, 0.2) is 77.3 Å². The second-order valence-electron chi connectivity index (χ2n) is 13.4. The van der Waals surface area contributed by atoms with E-state index in [1.54, 1.807) is 32.3 Å². The summed E-state index contributed by atoms with van der Waals surface area (Å²) in [5.41, 5.74) is 4.38. The number of nitrogens with two attached hydrogens (primary N) is 1. The number of aliphatic hydroxyl groups excluding tert-OH is 2. The number of rotatable bonds is 5. The first kappa shape index (κ1) is 32.0. The standard InChI is InChI=1S/C37H33N3O9/c1-16-7-6-8-17(11-16)22-13-19(15-40-35(47)20-9-4-5-10-21(20)36(40)48)29(41)26-23(22)12-18-14-24-28(39(2)3)31(43)27(34(38)46)33(45)37(24,49)32(44)25(18)30(26)42/h4-11,13,18,24,28,41,43-44,49H,12,14-15H2,1-3H3,(H2,38,46). The molecule has 4 atom stereocenters. The predicted molar refractivity (Wildman–Crippen MR) is 174 cm³/mol. The van der Waals surface area contributed by atoms with Crippen molar-refractivity contribution in [1.29, 1.82) is 0 Å². The number of hydrogen-bond donors (Lipinski definition) is 5. The zero-order valence-electron chi connectivity index (χ0n) is 26.9. The molecule has 12 nitrogen and oxygen atoms in total. The number of aryl methyl sites for hydroxylation is 1. The third-order valence-electron chi connectivity index (χ3n) is 10.3. The minimum absolute atomic E-state index is 0.0590. The van der Waals surface area contributed by atoms with Crippen LogP contribution in [0.5, 0.6) is 5.75 Å². The molecule has 49 heavy (non-hydrogen) atoms. The molecule has 0 aromatic heterocycles. The number of hydrogen-bond acceptors (Lipinski definition) is 10. The number of Topliss-reactive ketones (excluding diaryl/α,β-unsaturated/α-hetero) is 2. The van der Waals surface area contributed by atoms with Crippen LogP contribution in [0.2, 0.25) is 0 Å². The van der Waals surface area contributed by atoms with Crippen LogP contribution in [-0.2, 0) is 22.6 Å². The van der Waals surface area contributed by atoms with Crippen molar-refractivity contribution >= 4 is 29.3 Å². The van der Waals surface area contributed by atoms with Crippen molar-refractivity contribution < 1.29 is 44.4 Å². The molecule has 250 valence electrons. The van der Waals surface area contributed by atoms with Crippen molar-refractivity contribution in [1.82, 2.24) is 9.80 Å². The Bertz CT molecular complexity index is 2100. The molecule has 4 aliphatic rings. The topological polar surface area (TPSA) is 199 Å². The molecular weight excluding hydrogens is 630 g/mol. The van der Waals surface area contributed by atoms with Crippen LogP contribution in [0.3, 0.4) is 0 Å². The molecule has 1 aliphatic heterocycles. The van der Waals surface area contributed by atoms with Crippen molar-refractivity contribution in [2.45, 2.75) is 38.0 Å². The number of phenolic OH excluding ortho intramolecular Hbond substituents is 1. The summed E-state index contributed by atoms with van der Waals surface area (Å²) < 4.78 is 0. The summed E-state index contributed by atoms with van der Waals surface area (Å²) in [7, 11) is 3.13. The van der Waals surface area contributed by atoms with Gasteiger partial charge in [-0.25, -0.2) is 0 Å². The molecule has 3 aliphatic carbocycles. The van der Waals surface area contributed by atoms with Crippen molar-refractivity contribution in [3.8, 4) is 16.9 Å². The van der Waals surface area contributed by atoms with Crippen LogP contribution >= 0.6 is 0 Å². The number of fused-ring (bicyclic) bond motifs is 4. The van der Waals surface area contributed by atoms with Crippen LogP contribution < -0.4 is 5.73 Å². The average Bonchev–Trinajstić information content (AvgIpc) is 3.28. The fourth-order valence-electron chi connectivity index (χ4n) is 8.12. The number of aromatic hydroxyl groups is 1. The number of carbonyl (C=O) groups excluding carboxylic acids is 5. The Morgan fingerprint density at radius 2 is 1.61 bits per heavy atom. The SMILES string of the molecule is Cc1cccc(-c2cc(CN3C(=O)c4ccccc4C3=O)c(O)c3c2CC2CC4C(N(C)C)C(O)=C(C(N)=O)C(=O)C4(O)C(O)=C2C3=O)c1. The van der Waals surface area contributed by atoms with Crippen molar-refractivity contribution in [2.24, 2.45) is 17.6 Å². The molecule has 3 aromatic rings. The number of likely N-dealkylation sites (N-methyl/N-ethyl adjacent to an activating group) is 1. The van der Waals surface area contributed by atoms with Gasteiger partial charge in [-0.3, -0.25) is 33.8 Å². The second-order valence-corrected chi connectivity index (χ2v) is 13.4. The molecule has 1 heterocycles. The highest BCUT2D eigenvalue weighted by molar-refractivity contribution is 6.25. The van der Waals surface area contributed by atoms with Gasteiger partial charge in [-0.2, -0.15) is 0 Å². The Labute approximate surface area is 280 Å². The molecule has 0 saturated carbocycles. The lowest BCUT2D eigenvalue weighted by Crippen LogP contribution is -2.63. The number of carbonyl (C=O) groups is 5. The minimum atomic E-state index is -2.78. The molecule has 0 saturated heterocycles. The lowest BCUT2D eigenvalue weighted by Gasteiger charge is -2.50. The smallest absolute Gasteiger partial charge is 0.261 e. The Kier molecular flexibility index (Phi) is 7.16. The third-order valence-corrected chi connectivity index (χ3v) is 10.3. The third kappa shape index (κ3) is 4.40. The molecule has 6 N–H and O–H groups in total. The molecule has 4 unspecified atom stereocenters. The second kappa shape index (κ2) is 11.0. The van der Waals surface area contributed by atoms with Gasteiger partial charge < -0.3 is 26.2 Å². The van der Waals surface area contributed by atoms with Gasteiger partial charge >= 0.3 is 0 Å². The highest BCUT2D eigenvalue weighted by Crippen LogP contribution is 2.53. The largest absolute Gasteiger partial charge is 0.510 e. The summed E-state index contributed by atoms with van der Waals surface area (Å²) in [6, 6.07) is 14.3. The highest BCUT2D eigenvalue weighted by atomic mass is 16.3. The van der Waals surface area contributed by atoms with Gasteiger partial charge in [-0.05, 0) is 74.7 Å². The van der Waals surface area contributed by atoms with Crippen molar-refractivity contribution in [3.63, 3.8) is 0 Å².